The Hall–Kier alpha value is -2.62. The molecule has 0 aliphatic carbocycles. The lowest BCUT2D eigenvalue weighted by molar-refractivity contribution is -0.385. The number of hydrogen-bond donors (Lipinski definition) is 1. The van der Waals surface area contributed by atoms with Crippen LogP contribution in [0.2, 0.25) is 0 Å². The number of carbonyl (C=O) groups is 1. The summed E-state index contributed by atoms with van der Waals surface area (Å²) < 4.78 is 7.10. The highest BCUT2D eigenvalue weighted by atomic mass is 79.9. The molecule has 1 amide bonds. The van der Waals surface area contributed by atoms with Crippen LogP contribution >= 0.6 is 15.9 Å². The van der Waals surface area contributed by atoms with Crippen LogP contribution in [-0.4, -0.2) is 37.9 Å². The van der Waals surface area contributed by atoms with Gasteiger partial charge in [-0.15, -0.1) is 0 Å². The fourth-order valence-corrected chi connectivity index (χ4v) is 2.94. The lowest BCUT2D eigenvalue weighted by Crippen LogP contribution is -2.23. The SMILES string of the molecule is COc1cc(-n2cc3c(n2)CN(C(=O)O)C3)c(Br)cc1[N+](=O)[O-]. The number of nitro groups is 1. The fraction of sp³-hybridized carbons (Fsp3) is 0.231. The number of nitro benzene ring substituents is 1. The molecule has 120 valence electrons. The molecule has 0 saturated heterocycles. The van der Waals surface area contributed by atoms with Gasteiger partial charge in [-0.25, -0.2) is 9.48 Å². The third-order valence-electron chi connectivity index (χ3n) is 3.54. The normalized spacial score (nSPS) is 13.0. The van der Waals surface area contributed by atoms with Gasteiger partial charge in [-0.3, -0.25) is 15.0 Å². The maximum atomic E-state index is 11.0. The number of methoxy groups -OCH3 is 1. The van der Waals surface area contributed by atoms with E-state index in [1.54, 1.807) is 10.9 Å². The fourth-order valence-electron chi connectivity index (χ4n) is 2.43. The Balaban J connectivity index is 2.00. The standard InChI is InChI=1S/C13H11BrN4O5/c1-23-12-3-10(8(14)2-11(12)18(21)22)17-5-7-4-16(13(19)20)6-9(7)15-17/h2-3,5H,4,6H2,1H3,(H,19,20). The second kappa shape index (κ2) is 5.54. The van der Waals surface area contributed by atoms with Crippen molar-refractivity contribution in [2.24, 2.45) is 0 Å². The molecule has 3 rings (SSSR count). The predicted molar refractivity (Wildman–Crippen MR) is 81.7 cm³/mol. The first-order valence-corrected chi connectivity index (χ1v) is 7.27. The van der Waals surface area contributed by atoms with Gasteiger partial charge in [-0.1, -0.05) is 0 Å². The lowest BCUT2D eigenvalue weighted by Gasteiger charge is -2.11. The number of benzene rings is 1. The zero-order chi connectivity index (χ0) is 16.7. The van der Waals surface area contributed by atoms with Gasteiger partial charge in [-0.2, -0.15) is 5.10 Å². The van der Waals surface area contributed by atoms with Crippen molar-refractivity contribution in [3.8, 4) is 11.4 Å². The van der Waals surface area contributed by atoms with E-state index in [9.17, 15) is 14.9 Å². The van der Waals surface area contributed by atoms with Gasteiger partial charge in [0.2, 0.25) is 0 Å². The Kier molecular flexibility index (Phi) is 3.68. The van der Waals surface area contributed by atoms with E-state index in [0.717, 1.165) is 5.56 Å². The van der Waals surface area contributed by atoms with Gasteiger partial charge >= 0.3 is 11.8 Å². The van der Waals surface area contributed by atoms with E-state index in [0.29, 0.717) is 15.9 Å². The third-order valence-corrected chi connectivity index (χ3v) is 4.18. The zero-order valence-corrected chi connectivity index (χ0v) is 13.5. The summed E-state index contributed by atoms with van der Waals surface area (Å²) in [5, 5.41) is 24.4. The van der Waals surface area contributed by atoms with E-state index in [-0.39, 0.29) is 24.5 Å². The molecule has 0 bridgehead atoms. The van der Waals surface area contributed by atoms with Crippen LogP contribution in [0.4, 0.5) is 10.5 Å². The van der Waals surface area contributed by atoms with E-state index in [4.69, 9.17) is 9.84 Å². The Labute approximate surface area is 138 Å². The highest BCUT2D eigenvalue weighted by Crippen LogP contribution is 2.35. The average Bonchev–Trinajstić information content (AvgIpc) is 3.05. The molecule has 0 atom stereocenters. The number of ether oxygens (including phenoxy) is 1. The molecule has 1 aliphatic heterocycles. The van der Waals surface area contributed by atoms with Crippen molar-refractivity contribution in [2.45, 2.75) is 13.1 Å². The van der Waals surface area contributed by atoms with Crippen LogP contribution in [0.3, 0.4) is 0 Å². The number of nitrogens with zero attached hydrogens (tertiary/aromatic N) is 4. The van der Waals surface area contributed by atoms with Crippen molar-refractivity contribution in [1.82, 2.24) is 14.7 Å². The van der Waals surface area contributed by atoms with Crippen LogP contribution in [0, 0.1) is 10.1 Å². The van der Waals surface area contributed by atoms with Gasteiger partial charge in [0, 0.05) is 23.9 Å². The van der Waals surface area contributed by atoms with E-state index >= 15 is 0 Å². The third kappa shape index (κ3) is 2.61. The van der Waals surface area contributed by atoms with E-state index in [1.165, 1.54) is 24.1 Å². The summed E-state index contributed by atoms with van der Waals surface area (Å²) in [6.07, 6.45) is 0.719. The van der Waals surface area contributed by atoms with Crippen molar-refractivity contribution >= 4 is 27.7 Å². The summed E-state index contributed by atoms with van der Waals surface area (Å²) >= 11 is 3.30. The molecule has 2 aromatic rings. The van der Waals surface area contributed by atoms with E-state index in [1.807, 2.05) is 0 Å². The first kappa shape index (κ1) is 15.3. The molecule has 1 aliphatic rings. The number of carboxylic acid groups (broad SMARTS) is 1. The largest absolute Gasteiger partial charge is 0.490 e. The zero-order valence-electron chi connectivity index (χ0n) is 11.9. The summed E-state index contributed by atoms with van der Waals surface area (Å²) in [4.78, 5) is 22.7. The number of aromatic nitrogens is 2. The van der Waals surface area contributed by atoms with Gasteiger partial charge in [0.15, 0.2) is 5.75 Å². The summed E-state index contributed by atoms with van der Waals surface area (Å²) in [7, 11) is 1.35. The molecule has 10 heteroatoms. The first-order valence-electron chi connectivity index (χ1n) is 6.48. The smallest absolute Gasteiger partial charge is 0.407 e. The van der Waals surface area contributed by atoms with Crippen molar-refractivity contribution in [3.05, 3.63) is 44.2 Å². The van der Waals surface area contributed by atoms with Crippen molar-refractivity contribution < 1.29 is 19.6 Å². The van der Waals surface area contributed by atoms with Crippen LogP contribution < -0.4 is 4.74 Å². The van der Waals surface area contributed by atoms with Gasteiger partial charge in [0.25, 0.3) is 0 Å². The topological polar surface area (TPSA) is 111 Å². The summed E-state index contributed by atoms with van der Waals surface area (Å²) in [5.74, 6) is 0.121. The summed E-state index contributed by atoms with van der Waals surface area (Å²) in [6, 6.07) is 2.86. The molecule has 23 heavy (non-hydrogen) atoms. The molecule has 9 nitrogen and oxygen atoms in total. The minimum absolute atomic E-state index is 0.121. The van der Waals surface area contributed by atoms with Crippen molar-refractivity contribution in [2.75, 3.05) is 7.11 Å². The molecule has 0 radical (unpaired) electrons. The molecular weight excluding hydrogens is 372 g/mol. The number of rotatable bonds is 3. The van der Waals surface area contributed by atoms with Crippen LogP contribution in [-0.2, 0) is 13.1 Å². The van der Waals surface area contributed by atoms with Gasteiger partial charge in [0.05, 0.1) is 41.0 Å². The molecule has 0 saturated carbocycles. The highest BCUT2D eigenvalue weighted by Gasteiger charge is 2.27. The first-order chi connectivity index (χ1) is 10.9. The number of hydrogen-bond acceptors (Lipinski definition) is 5. The minimum Gasteiger partial charge on any atom is -0.490 e. The summed E-state index contributed by atoms with van der Waals surface area (Å²) in [5.41, 5.74) is 1.89. The van der Waals surface area contributed by atoms with Crippen molar-refractivity contribution in [3.63, 3.8) is 0 Å². The lowest BCUT2D eigenvalue weighted by atomic mass is 10.2. The Bertz CT molecular complexity index is 795. The van der Waals surface area contributed by atoms with E-state index < -0.39 is 11.0 Å². The highest BCUT2D eigenvalue weighted by molar-refractivity contribution is 9.10. The van der Waals surface area contributed by atoms with Crippen LogP contribution in [0.1, 0.15) is 11.3 Å². The quantitative estimate of drug-likeness (QED) is 0.644. The van der Waals surface area contributed by atoms with Crippen molar-refractivity contribution in [1.29, 1.82) is 0 Å². The molecule has 0 fully saturated rings. The second-order valence-corrected chi connectivity index (χ2v) is 5.77. The molecule has 0 unspecified atom stereocenters. The maximum Gasteiger partial charge on any atom is 0.407 e. The minimum atomic E-state index is -0.993. The Morgan fingerprint density at radius 3 is 2.78 bits per heavy atom. The van der Waals surface area contributed by atoms with E-state index in [2.05, 4.69) is 21.0 Å². The summed E-state index contributed by atoms with van der Waals surface area (Å²) in [6.45, 7) is 0.492. The Morgan fingerprint density at radius 2 is 2.22 bits per heavy atom. The molecule has 1 aromatic heterocycles. The van der Waals surface area contributed by atoms with Gasteiger partial charge in [0.1, 0.15) is 0 Å². The number of amides is 1. The maximum absolute atomic E-state index is 11.0. The Morgan fingerprint density at radius 1 is 1.48 bits per heavy atom. The molecule has 1 N–H and O–H groups in total. The second-order valence-electron chi connectivity index (χ2n) is 4.92. The molecule has 1 aromatic carbocycles. The molecule has 2 heterocycles. The monoisotopic (exact) mass is 382 g/mol. The predicted octanol–water partition coefficient (Wildman–Crippen LogP) is 2.55. The number of fused-ring (bicyclic) bond motifs is 1. The van der Waals surface area contributed by atoms with Crippen LogP contribution in [0.25, 0.3) is 5.69 Å². The van der Waals surface area contributed by atoms with Gasteiger partial charge < -0.3 is 9.84 Å². The number of halogens is 1. The molecule has 0 spiro atoms. The average molecular weight is 383 g/mol. The van der Waals surface area contributed by atoms with Crippen LogP contribution in [0.5, 0.6) is 5.75 Å². The van der Waals surface area contributed by atoms with Crippen LogP contribution in [0.15, 0.2) is 22.8 Å². The molecular formula is C13H11BrN4O5. The van der Waals surface area contributed by atoms with Gasteiger partial charge in [-0.05, 0) is 15.9 Å².